The van der Waals surface area contributed by atoms with Gasteiger partial charge in [-0.05, 0) is 143 Å². The lowest BCUT2D eigenvalue weighted by molar-refractivity contribution is 1.30. The lowest BCUT2D eigenvalue weighted by Crippen LogP contribution is -2.12. The van der Waals surface area contributed by atoms with Crippen molar-refractivity contribution in [2.24, 2.45) is 0 Å². The Kier molecular flexibility index (Phi) is 10.1. The van der Waals surface area contributed by atoms with Gasteiger partial charge in [-0.2, -0.15) is 0 Å². The Morgan fingerprint density at radius 1 is 0.264 bits per heavy atom. The van der Waals surface area contributed by atoms with Crippen molar-refractivity contribution in [3.05, 3.63) is 254 Å². The number of hydrogen-bond acceptors (Lipinski definition) is 4. The van der Waals surface area contributed by atoms with Gasteiger partial charge in [0.05, 0.1) is 11.4 Å². The molecule has 14 aromatic rings. The van der Waals surface area contributed by atoms with E-state index >= 15 is 0 Å². The number of thiophene rings is 2. The summed E-state index contributed by atoms with van der Waals surface area (Å²) in [5.41, 5.74) is 14.0. The normalized spacial score (nSPS) is 11.8. The van der Waals surface area contributed by atoms with Crippen LogP contribution in [0.25, 0.3) is 94.9 Å². The first-order valence-corrected chi connectivity index (χ1v) is 26.3. The maximum atomic E-state index is 2.47. The second-order valence-corrected chi connectivity index (χ2v) is 21.1. The minimum atomic E-state index is 1.11. The summed E-state index contributed by atoms with van der Waals surface area (Å²) in [5, 5.41) is 12.5. The molecule has 12 aromatic carbocycles. The Hall–Kier alpha value is -8.54. The highest BCUT2D eigenvalue weighted by Gasteiger charge is 2.24. The molecule has 4 heteroatoms. The van der Waals surface area contributed by atoms with Crippen LogP contribution < -0.4 is 9.80 Å². The zero-order valence-electron chi connectivity index (χ0n) is 39.8. The predicted octanol–water partition coefficient (Wildman–Crippen LogP) is 20.8. The van der Waals surface area contributed by atoms with Crippen LogP contribution in [0.5, 0.6) is 0 Å². The molecule has 14 rings (SSSR count). The van der Waals surface area contributed by atoms with Gasteiger partial charge in [0, 0.05) is 73.9 Å². The molecule has 0 N–H and O–H groups in total. The second kappa shape index (κ2) is 17.1. The van der Waals surface area contributed by atoms with Crippen LogP contribution in [0, 0.1) is 13.8 Å². The van der Waals surface area contributed by atoms with Crippen molar-refractivity contribution in [1.82, 2.24) is 0 Å². The van der Waals surface area contributed by atoms with Gasteiger partial charge in [0.15, 0.2) is 0 Å². The Morgan fingerprint density at radius 3 is 1.11 bits per heavy atom. The Morgan fingerprint density at radius 2 is 0.653 bits per heavy atom. The molecule has 340 valence electrons. The van der Waals surface area contributed by atoms with Gasteiger partial charge >= 0.3 is 0 Å². The van der Waals surface area contributed by atoms with Crippen LogP contribution >= 0.6 is 22.7 Å². The van der Waals surface area contributed by atoms with Gasteiger partial charge in [-0.25, -0.2) is 0 Å². The molecular weight excluding hydrogens is 909 g/mol. The SMILES string of the molecule is Cc1ccc2c(c1)c(N(c1ccccc1)c1cccc(-c3cccc4c3sc3ccccc34)c1)cc1c3ccc(C)cc3c(N(c3ccccc3)c3cccc(-c4cccc5c4sc4ccccc45)c3)cc21. The third kappa shape index (κ3) is 6.98. The lowest BCUT2D eigenvalue weighted by atomic mass is 9.92. The minimum absolute atomic E-state index is 1.11. The van der Waals surface area contributed by atoms with E-state index in [2.05, 4.69) is 266 Å². The smallest absolute Gasteiger partial charge is 0.0546 e. The van der Waals surface area contributed by atoms with Gasteiger partial charge in [-0.1, -0.05) is 169 Å². The average molecular weight is 955 g/mol. The van der Waals surface area contributed by atoms with E-state index in [0.29, 0.717) is 0 Å². The highest BCUT2D eigenvalue weighted by atomic mass is 32.1. The van der Waals surface area contributed by atoms with Crippen LogP contribution in [0.15, 0.2) is 243 Å². The van der Waals surface area contributed by atoms with Crippen molar-refractivity contribution in [3.63, 3.8) is 0 Å². The molecule has 0 fully saturated rings. The van der Waals surface area contributed by atoms with Gasteiger partial charge in [0.1, 0.15) is 0 Å². The van der Waals surface area contributed by atoms with Gasteiger partial charge in [0.25, 0.3) is 0 Å². The van der Waals surface area contributed by atoms with Gasteiger partial charge in [-0.3, -0.25) is 0 Å². The number of para-hydroxylation sites is 2. The van der Waals surface area contributed by atoms with Crippen LogP contribution in [-0.2, 0) is 0 Å². The highest BCUT2D eigenvalue weighted by molar-refractivity contribution is 7.26. The number of anilines is 6. The van der Waals surface area contributed by atoms with Gasteiger partial charge in [-0.15, -0.1) is 22.7 Å². The highest BCUT2D eigenvalue weighted by Crippen LogP contribution is 2.50. The number of aryl methyl sites for hydroxylation is 2. The Bertz CT molecular complexity index is 4150. The number of nitrogens with zero attached hydrogens (tertiary/aromatic N) is 2. The number of rotatable bonds is 8. The molecule has 0 radical (unpaired) electrons. The molecule has 0 saturated carbocycles. The molecule has 2 nitrogen and oxygen atoms in total. The quantitative estimate of drug-likeness (QED) is 0.140. The van der Waals surface area contributed by atoms with E-state index in [0.717, 1.165) is 34.1 Å². The average Bonchev–Trinajstić information content (AvgIpc) is 4.01. The molecule has 0 amide bonds. The molecule has 0 unspecified atom stereocenters. The van der Waals surface area contributed by atoms with Crippen molar-refractivity contribution < 1.29 is 0 Å². The lowest BCUT2D eigenvalue weighted by Gasteiger charge is -2.30. The molecule has 72 heavy (non-hydrogen) atoms. The van der Waals surface area contributed by atoms with E-state index < -0.39 is 0 Å². The van der Waals surface area contributed by atoms with Crippen molar-refractivity contribution in [2.75, 3.05) is 9.80 Å². The first-order chi connectivity index (χ1) is 35.5. The predicted molar refractivity (Wildman–Crippen MR) is 314 cm³/mol. The van der Waals surface area contributed by atoms with Crippen molar-refractivity contribution >= 4 is 129 Å². The van der Waals surface area contributed by atoms with E-state index in [9.17, 15) is 0 Å². The molecule has 0 atom stereocenters. The van der Waals surface area contributed by atoms with Crippen LogP contribution in [0.1, 0.15) is 11.1 Å². The topological polar surface area (TPSA) is 6.48 Å². The van der Waals surface area contributed by atoms with Gasteiger partial charge in [0.2, 0.25) is 0 Å². The van der Waals surface area contributed by atoms with E-state index in [-0.39, 0.29) is 0 Å². The fraction of sp³-hybridized carbons (Fsp3) is 0.0294. The number of benzene rings is 12. The molecule has 0 aliphatic carbocycles. The van der Waals surface area contributed by atoms with E-state index in [1.807, 2.05) is 22.7 Å². The standard InChI is InChI=1S/C68H46N2S2/c1-43-33-35-53-59-42-64(70(48-21-7-4-8-22-48)50-24-14-18-46(40-50)52-28-16-30-58-56-26-10-12-32-66(56)72-68(52)58)62-38-44(2)34-36-54(62)60(59)41-63(61(53)37-43)69(47-19-5-3-6-20-47)49-23-13-17-45(39-49)51-27-15-29-57-55-25-9-11-31-65(55)71-67(51)57/h3-42H,1-2H3. The summed E-state index contributed by atoms with van der Waals surface area (Å²) in [6, 6.07) is 90.1. The molecule has 0 aliphatic rings. The molecule has 0 aliphatic heterocycles. The van der Waals surface area contributed by atoms with Crippen molar-refractivity contribution in [1.29, 1.82) is 0 Å². The maximum Gasteiger partial charge on any atom is 0.0546 e. The number of fused-ring (bicyclic) bond motifs is 11. The van der Waals surface area contributed by atoms with Gasteiger partial charge < -0.3 is 9.80 Å². The fourth-order valence-corrected chi connectivity index (χ4v) is 13.7. The summed E-state index contributed by atoms with van der Waals surface area (Å²) >= 11 is 3.76. The number of hydrogen-bond donors (Lipinski definition) is 0. The van der Waals surface area contributed by atoms with Crippen LogP contribution in [0.4, 0.5) is 34.1 Å². The third-order valence-corrected chi connectivity index (χ3v) is 16.9. The summed E-state index contributed by atoms with van der Waals surface area (Å²) in [7, 11) is 0. The minimum Gasteiger partial charge on any atom is -0.310 e. The van der Waals surface area contributed by atoms with E-state index in [4.69, 9.17) is 0 Å². The summed E-state index contributed by atoms with van der Waals surface area (Å²) < 4.78 is 5.26. The van der Waals surface area contributed by atoms with Crippen LogP contribution in [-0.4, -0.2) is 0 Å². The second-order valence-electron chi connectivity index (χ2n) is 19.0. The maximum absolute atomic E-state index is 2.47. The summed E-state index contributed by atoms with van der Waals surface area (Å²) in [6.07, 6.45) is 0. The van der Waals surface area contributed by atoms with E-state index in [1.165, 1.54) is 106 Å². The zero-order valence-corrected chi connectivity index (χ0v) is 41.4. The van der Waals surface area contributed by atoms with Crippen LogP contribution in [0.3, 0.4) is 0 Å². The Balaban J connectivity index is 0.996. The van der Waals surface area contributed by atoms with Crippen LogP contribution in [0.2, 0.25) is 0 Å². The zero-order chi connectivity index (χ0) is 47.9. The fourth-order valence-electron chi connectivity index (χ4n) is 11.2. The Labute approximate surface area is 426 Å². The molecule has 2 aromatic heterocycles. The third-order valence-electron chi connectivity index (χ3n) is 14.5. The van der Waals surface area contributed by atoms with Crippen molar-refractivity contribution in [2.45, 2.75) is 13.8 Å². The first kappa shape index (κ1) is 42.3. The molecule has 0 spiro atoms. The summed E-state index contributed by atoms with van der Waals surface area (Å²) in [6.45, 7) is 4.43. The van der Waals surface area contributed by atoms with E-state index in [1.54, 1.807) is 0 Å². The molecular formula is C68H46N2S2. The first-order valence-electron chi connectivity index (χ1n) is 24.6. The molecule has 2 heterocycles. The molecule has 0 saturated heterocycles. The largest absolute Gasteiger partial charge is 0.310 e. The monoisotopic (exact) mass is 954 g/mol. The molecule has 0 bridgehead atoms. The summed E-state index contributed by atoms with van der Waals surface area (Å²) in [4.78, 5) is 4.95. The summed E-state index contributed by atoms with van der Waals surface area (Å²) in [5.74, 6) is 0. The van der Waals surface area contributed by atoms with Crippen molar-refractivity contribution in [3.8, 4) is 22.3 Å².